The minimum absolute atomic E-state index is 0.504. The molecule has 1 N–H and O–H groups in total. The van der Waals surface area contributed by atoms with Crippen molar-refractivity contribution < 1.29 is 4.74 Å². The highest BCUT2D eigenvalue weighted by atomic mass is 32.1. The van der Waals surface area contributed by atoms with Gasteiger partial charge in [0.2, 0.25) is 4.77 Å². The molecule has 0 atom stereocenters. The normalized spacial score (nSPS) is 18.7. The lowest BCUT2D eigenvalue weighted by atomic mass is 10.2. The number of hydrogen-bond acceptors (Lipinski definition) is 5. The Morgan fingerprint density at radius 1 is 1.22 bits per heavy atom. The number of nitrogens with one attached hydrogen (secondary N) is 1. The maximum Gasteiger partial charge on any atom is 0.216 e. The van der Waals surface area contributed by atoms with E-state index in [2.05, 4.69) is 44.5 Å². The second kappa shape index (κ2) is 6.25. The van der Waals surface area contributed by atoms with E-state index < -0.39 is 0 Å². The van der Waals surface area contributed by atoms with E-state index in [1.165, 1.54) is 18.5 Å². The van der Waals surface area contributed by atoms with E-state index in [1.54, 1.807) is 4.68 Å². The second-order valence-electron chi connectivity index (χ2n) is 5.91. The molecule has 2 heterocycles. The van der Waals surface area contributed by atoms with Gasteiger partial charge >= 0.3 is 0 Å². The Hall–Kier alpha value is -1.99. The number of H-pyrrole nitrogens is 1. The van der Waals surface area contributed by atoms with Gasteiger partial charge in [-0.25, -0.2) is 0 Å². The van der Waals surface area contributed by atoms with E-state index >= 15 is 0 Å². The average molecular weight is 329 g/mol. The molecule has 23 heavy (non-hydrogen) atoms. The fraction of sp³-hybridized carbons (Fsp3) is 0.438. The number of aromatic amines is 1. The molecule has 2 fully saturated rings. The summed E-state index contributed by atoms with van der Waals surface area (Å²) in [6, 6.07) is 8.41. The lowest BCUT2D eigenvalue weighted by molar-refractivity contribution is 0.122. The Kier molecular flexibility index (Phi) is 3.97. The quantitative estimate of drug-likeness (QED) is 0.692. The van der Waals surface area contributed by atoms with Gasteiger partial charge in [0.25, 0.3) is 0 Å². The smallest absolute Gasteiger partial charge is 0.216 e. The molecule has 1 aliphatic carbocycles. The molecule has 0 unspecified atom stereocenters. The molecule has 4 rings (SSSR count). The Labute approximate surface area is 139 Å². The Bertz CT molecular complexity index is 754. The van der Waals surface area contributed by atoms with Crippen LogP contribution in [0.2, 0.25) is 0 Å². The monoisotopic (exact) mass is 329 g/mol. The lowest BCUT2D eigenvalue weighted by Crippen LogP contribution is -2.36. The number of nitrogens with zero attached hydrogens (tertiary/aromatic N) is 4. The van der Waals surface area contributed by atoms with Crippen molar-refractivity contribution in [2.24, 2.45) is 5.10 Å². The zero-order valence-corrected chi connectivity index (χ0v) is 13.6. The third-order valence-corrected chi connectivity index (χ3v) is 4.47. The molecule has 2 aromatic rings. The summed E-state index contributed by atoms with van der Waals surface area (Å²) in [5, 5.41) is 11.6. The molecule has 2 aliphatic rings. The molecule has 1 saturated heterocycles. The molecule has 1 aromatic carbocycles. The summed E-state index contributed by atoms with van der Waals surface area (Å²) in [4.78, 5) is 2.34. The van der Waals surface area contributed by atoms with Crippen molar-refractivity contribution in [3.8, 4) is 0 Å². The van der Waals surface area contributed by atoms with Crippen LogP contribution in [0, 0.1) is 4.77 Å². The predicted octanol–water partition coefficient (Wildman–Crippen LogP) is 2.54. The topological polar surface area (TPSA) is 58.4 Å². The van der Waals surface area contributed by atoms with Crippen molar-refractivity contribution in [2.75, 3.05) is 31.2 Å². The van der Waals surface area contributed by atoms with Gasteiger partial charge in [0.15, 0.2) is 5.82 Å². The summed E-state index contributed by atoms with van der Waals surface area (Å²) in [5.74, 6) is 1.44. The van der Waals surface area contributed by atoms with Crippen LogP contribution < -0.4 is 4.90 Å². The molecule has 0 amide bonds. The average Bonchev–Trinajstić information content (AvgIpc) is 3.38. The molecule has 0 radical (unpaired) electrons. The molecule has 0 bridgehead atoms. The molecule has 1 saturated carbocycles. The summed E-state index contributed by atoms with van der Waals surface area (Å²) in [7, 11) is 0. The van der Waals surface area contributed by atoms with Crippen LogP contribution >= 0.6 is 12.2 Å². The van der Waals surface area contributed by atoms with E-state index in [-0.39, 0.29) is 0 Å². The van der Waals surface area contributed by atoms with E-state index in [9.17, 15) is 0 Å². The van der Waals surface area contributed by atoms with Gasteiger partial charge in [-0.15, -0.1) is 0 Å². The number of ether oxygens (including phenoxy) is 1. The van der Waals surface area contributed by atoms with Crippen molar-refractivity contribution in [3.05, 3.63) is 40.4 Å². The summed E-state index contributed by atoms with van der Waals surface area (Å²) >= 11 is 5.25. The van der Waals surface area contributed by atoms with Crippen LogP contribution in [0.4, 0.5) is 5.69 Å². The minimum atomic E-state index is 0.504. The van der Waals surface area contributed by atoms with Gasteiger partial charge in [-0.05, 0) is 42.8 Å². The molecule has 1 aliphatic heterocycles. The highest BCUT2D eigenvalue weighted by Gasteiger charge is 2.29. The van der Waals surface area contributed by atoms with E-state index in [0.717, 1.165) is 37.7 Å². The van der Waals surface area contributed by atoms with Crippen LogP contribution in [-0.2, 0) is 4.74 Å². The van der Waals surface area contributed by atoms with Crippen molar-refractivity contribution >= 4 is 24.1 Å². The van der Waals surface area contributed by atoms with Crippen LogP contribution in [0.15, 0.2) is 29.4 Å². The van der Waals surface area contributed by atoms with Crippen LogP contribution in [0.1, 0.15) is 30.1 Å². The molecule has 1 aromatic heterocycles. The predicted molar refractivity (Wildman–Crippen MR) is 91.9 cm³/mol. The number of rotatable bonds is 4. The van der Waals surface area contributed by atoms with Gasteiger partial charge in [0.1, 0.15) is 0 Å². The Morgan fingerprint density at radius 3 is 2.65 bits per heavy atom. The first-order valence-electron chi connectivity index (χ1n) is 7.96. The van der Waals surface area contributed by atoms with Crippen molar-refractivity contribution in [1.29, 1.82) is 0 Å². The van der Waals surface area contributed by atoms with Gasteiger partial charge in [0.05, 0.1) is 19.4 Å². The first kappa shape index (κ1) is 14.6. The molecular weight excluding hydrogens is 310 g/mol. The molecule has 0 spiro atoms. The molecule has 120 valence electrons. The molecule has 6 nitrogen and oxygen atoms in total. The highest BCUT2D eigenvalue weighted by Crippen LogP contribution is 2.38. The van der Waals surface area contributed by atoms with Gasteiger partial charge in [-0.3, -0.25) is 5.10 Å². The largest absolute Gasteiger partial charge is 0.378 e. The van der Waals surface area contributed by atoms with Crippen molar-refractivity contribution in [3.63, 3.8) is 0 Å². The van der Waals surface area contributed by atoms with Gasteiger partial charge in [0, 0.05) is 24.7 Å². The summed E-state index contributed by atoms with van der Waals surface area (Å²) in [6.07, 6.45) is 4.17. The zero-order valence-electron chi connectivity index (χ0n) is 12.8. The van der Waals surface area contributed by atoms with E-state index in [1.807, 2.05) is 6.21 Å². The van der Waals surface area contributed by atoms with E-state index in [0.29, 0.717) is 10.7 Å². The summed E-state index contributed by atoms with van der Waals surface area (Å²) < 4.78 is 7.68. The fourth-order valence-corrected chi connectivity index (χ4v) is 2.92. The van der Waals surface area contributed by atoms with Crippen LogP contribution in [0.5, 0.6) is 0 Å². The second-order valence-corrected chi connectivity index (χ2v) is 6.30. The first-order chi connectivity index (χ1) is 11.3. The number of anilines is 1. The summed E-state index contributed by atoms with van der Waals surface area (Å²) in [6.45, 7) is 3.49. The van der Waals surface area contributed by atoms with Crippen LogP contribution in [0.25, 0.3) is 0 Å². The van der Waals surface area contributed by atoms with E-state index in [4.69, 9.17) is 17.0 Å². The summed E-state index contributed by atoms with van der Waals surface area (Å²) in [5.41, 5.74) is 2.27. The van der Waals surface area contributed by atoms with Crippen molar-refractivity contribution in [1.82, 2.24) is 14.9 Å². The van der Waals surface area contributed by atoms with Gasteiger partial charge in [-0.2, -0.15) is 14.9 Å². The lowest BCUT2D eigenvalue weighted by Gasteiger charge is -2.28. The third-order valence-electron chi connectivity index (χ3n) is 4.21. The number of hydrogen-bond donors (Lipinski definition) is 1. The molecule has 7 heteroatoms. The zero-order chi connectivity index (χ0) is 15.6. The Balaban J connectivity index is 1.50. The molecular formula is C16H19N5OS. The first-order valence-corrected chi connectivity index (χ1v) is 8.36. The van der Waals surface area contributed by atoms with Crippen LogP contribution in [-0.4, -0.2) is 47.4 Å². The number of benzene rings is 1. The SMILES string of the molecule is S=c1[nH]nc(C2CC2)n1/N=C\c1ccc(N2CCOCC2)cc1. The van der Waals surface area contributed by atoms with Crippen LogP contribution in [0.3, 0.4) is 0 Å². The maximum absolute atomic E-state index is 5.39. The number of morpholine rings is 1. The van der Waals surface area contributed by atoms with Gasteiger partial charge < -0.3 is 9.64 Å². The third kappa shape index (κ3) is 3.20. The van der Waals surface area contributed by atoms with Gasteiger partial charge in [-0.1, -0.05) is 12.1 Å². The fourth-order valence-electron chi connectivity index (χ4n) is 2.74. The minimum Gasteiger partial charge on any atom is -0.378 e. The van der Waals surface area contributed by atoms with Crippen molar-refractivity contribution in [2.45, 2.75) is 18.8 Å². The number of aromatic nitrogens is 3. The maximum atomic E-state index is 5.39. The Morgan fingerprint density at radius 2 is 1.96 bits per heavy atom. The highest BCUT2D eigenvalue weighted by molar-refractivity contribution is 7.71. The standard InChI is InChI=1S/C16H19N5OS/c23-16-19-18-15(13-3-4-13)21(16)17-11-12-1-5-14(6-2-12)20-7-9-22-10-8-20/h1-2,5-6,11,13H,3-4,7-10H2,(H,19,23)/b17-11-.